The molecule has 0 aliphatic rings. The molecule has 98 valence electrons. The van der Waals surface area contributed by atoms with Crippen LogP contribution in [0, 0.1) is 0 Å². The van der Waals surface area contributed by atoms with Crippen molar-refractivity contribution in [2.24, 2.45) is 0 Å². The molecule has 0 aliphatic heterocycles. The molecule has 0 spiro atoms. The molecule has 0 fully saturated rings. The molecule has 1 aromatic rings. The first-order valence-corrected chi connectivity index (χ1v) is 5.31. The van der Waals surface area contributed by atoms with Crippen molar-refractivity contribution in [3.8, 4) is 0 Å². The van der Waals surface area contributed by atoms with Gasteiger partial charge >= 0.3 is 12.1 Å². The van der Waals surface area contributed by atoms with Crippen LogP contribution in [0.1, 0.15) is 12.7 Å². The third kappa shape index (κ3) is 3.85. The van der Waals surface area contributed by atoms with Crippen LogP contribution in [0.25, 0.3) is 0 Å². The number of urea groups is 2. The van der Waals surface area contributed by atoms with Crippen LogP contribution in [0.3, 0.4) is 0 Å². The van der Waals surface area contributed by atoms with E-state index in [-0.39, 0.29) is 11.9 Å². The Hall–Kier alpha value is -2.45. The van der Waals surface area contributed by atoms with Crippen molar-refractivity contribution in [2.75, 3.05) is 24.7 Å². The van der Waals surface area contributed by atoms with Crippen LogP contribution in [0.4, 0.5) is 21.5 Å². The first kappa shape index (κ1) is 13.6. The average Bonchev–Trinajstić information content (AvgIpc) is 2.37. The number of aromatic nitrogens is 3. The van der Waals surface area contributed by atoms with E-state index in [1.165, 1.54) is 14.1 Å². The Balaban J connectivity index is 2.93. The molecule has 9 nitrogen and oxygen atoms in total. The maximum absolute atomic E-state index is 11.1. The smallest absolute Gasteiger partial charge is 0.321 e. The summed E-state index contributed by atoms with van der Waals surface area (Å²) in [6.45, 7) is 1.85. The minimum absolute atomic E-state index is 0.0765. The normalized spacial score (nSPS) is 9.50. The Morgan fingerprint density at radius 3 is 1.72 bits per heavy atom. The van der Waals surface area contributed by atoms with Gasteiger partial charge in [0.05, 0.1) is 0 Å². The van der Waals surface area contributed by atoms with E-state index in [2.05, 4.69) is 36.2 Å². The van der Waals surface area contributed by atoms with Gasteiger partial charge in [-0.15, -0.1) is 0 Å². The summed E-state index contributed by atoms with van der Waals surface area (Å²) in [6, 6.07) is -0.900. The van der Waals surface area contributed by atoms with Crippen molar-refractivity contribution in [3.05, 3.63) is 5.82 Å². The van der Waals surface area contributed by atoms with Gasteiger partial charge in [-0.3, -0.25) is 10.6 Å². The molecule has 1 heterocycles. The lowest BCUT2D eigenvalue weighted by atomic mass is 10.4. The first-order valence-electron chi connectivity index (χ1n) is 5.31. The van der Waals surface area contributed by atoms with Gasteiger partial charge in [0, 0.05) is 20.5 Å². The fourth-order valence-electron chi connectivity index (χ4n) is 1.02. The fourth-order valence-corrected chi connectivity index (χ4v) is 1.02. The van der Waals surface area contributed by atoms with Crippen LogP contribution in [0.15, 0.2) is 0 Å². The van der Waals surface area contributed by atoms with E-state index in [1.807, 2.05) is 6.92 Å². The third-order valence-corrected chi connectivity index (χ3v) is 1.90. The van der Waals surface area contributed by atoms with E-state index in [0.717, 1.165) is 0 Å². The zero-order valence-corrected chi connectivity index (χ0v) is 10.4. The lowest BCUT2D eigenvalue weighted by Gasteiger charge is -2.07. The van der Waals surface area contributed by atoms with Gasteiger partial charge in [0.2, 0.25) is 11.9 Å². The van der Waals surface area contributed by atoms with E-state index >= 15 is 0 Å². The SMILES string of the molecule is CCc1nc(NC(=O)NC)nc(NC(=O)NC)n1. The van der Waals surface area contributed by atoms with Gasteiger partial charge in [-0.25, -0.2) is 9.59 Å². The van der Waals surface area contributed by atoms with E-state index in [1.54, 1.807) is 0 Å². The lowest BCUT2D eigenvalue weighted by molar-refractivity contribution is 0.253. The highest BCUT2D eigenvalue weighted by molar-refractivity contribution is 5.88. The fraction of sp³-hybridized carbons (Fsp3) is 0.444. The number of rotatable bonds is 3. The molecule has 0 saturated carbocycles. The number of hydrogen-bond donors (Lipinski definition) is 4. The van der Waals surface area contributed by atoms with Gasteiger partial charge in [0.25, 0.3) is 0 Å². The molecule has 4 amide bonds. The number of amides is 4. The molecular formula is C9H15N7O2. The minimum Gasteiger partial charge on any atom is -0.341 e. The highest BCUT2D eigenvalue weighted by atomic mass is 16.2. The van der Waals surface area contributed by atoms with Crippen molar-refractivity contribution < 1.29 is 9.59 Å². The first-order chi connectivity index (χ1) is 8.58. The van der Waals surface area contributed by atoms with Crippen LogP contribution >= 0.6 is 0 Å². The van der Waals surface area contributed by atoms with Gasteiger partial charge in [-0.05, 0) is 0 Å². The molecule has 0 unspecified atom stereocenters. The van der Waals surface area contributed by atoms with Crippen LogP contribution in [0.5, 0.6) is 0 Å². The molecule has 0 bridgehead atoms. The van der Waals surface area contributed by atoms with Crippen molar-refractivity contribution >= 4 is 24.0 Å². The van der Waals surface area contributed by atoms with Crippen molar-refractivity contribution in [2.45, 2.75) is 13.3 Å². The second-order valence-corrected chi connectivity index (χ2v) is 3.16. The molecule has 4 N–H and O–H groups in total. The largest absolute Gasteiger partial charge is 0.341 e. The third-order valence-electron chi connectivity index (χ3n) is 1.90. The second-order valence-electron chi connectivity index (χ2n) is 3.16. The molecule has 0 aromatic carbocycles. The van der Waals surface area contributed by atoms with Crippen LogP contribution < -0.4 is 21.3 Å². The van der Waals surface area contributed by atoms with Crippen molar-refractivity contribution in [1.82, 2.24) is 25.6 Å². The Bertz CT molecular complexity index is 412. The molecule has 18 heavy (non-hydrogen) atoms. The Labute approximate surface area is 104 Å². The zero-order chi connectivity index (χ0) is 13.5. The zero-order valence-electron chi connectivity index (χ0n) is 10.4. The summed E-state index contributed by atoms with van der Waals surface area (Å²) < 4.78 is 0. The molecular weight excluding hydrogens is 238 g/mol. The van der Waals surface area contributed by atoms with Crippen LogP contribution in [-0.2, 0) is 6.42 Å². The standard InChI is InChI=1S/C9H15N7O2/c1-4-5-12-6(15-8(17)10-2)14-7(13-5)16-9(18)11-3/h4H2,1-3H3,(H4,10,11,12,13,14,15,16,17,18). The molecule has 1 aromatic heterocycles. The average molecular weight is 253 g/mol. The van der Waals surface area contributed by atoms with E-state index < -0.39 is 12.1 Å². The molecule has 0 atom stereocenters. The number of carbonyl (C=O) groups is 2. The maximum Gasteiger partial charge on any atom is 0.321 e. The van der Waals surface area contributed by atoms with E-state index in [4.69, 9.17) is 0 Å². The molecule has 9 heteroatoms. The Morgan fingerprint density at radius 2 is 1.39 bits per heavy atom. The maximum atomic E-state index is 11.1. The summed E-state index contributed by atoms with van der Waals surface area (Å²) in [5.74, 6) is 0.614. The Morgan fingerprint density at radius 1 is 0.944 bits per heavy atom. The van der Waals surface area contributed by atoms with Gasteiger partial charge in [0.1, 0.15) is 5.82 Å². The number of nitrogens with zero attached hydrogens (tertiary/aromatic N) is 3. The second kappa shape index (κ2) is 6.33. The molecule has 0 saturated heterocycles. The minimum atomic E-state index is -0.450. The molecule has 0 aliphatic carbocycles. The van der Waals surface area contributed by atoms with Gasteiger partial charge in [-0.2, -0.15) is 15.0 Å². The molecule has 1 rings (SSSR count). The van der Waals surface area contributed by atoms with Crippen molar-refractivity contribution in [3.63, 3.8) is 0 Å². The van der Waals surface area contributed by atoms with Crippen molar-refractivity contribution in [1.29, 1.82) is 0 Å². The molecule has 0 radical (unpaired) electrons. The predicted molar refractivity (Wildman–Crippen MR) is 65.4 cm³/mol. The Kier molecular flexibility index (Phi) is 4.78. The van der Waals surface area contributed by atoms with Crippen LogP contribution in [-0.4, -0.2) is 41.1 Å². The summed E-state index contributed by atoms with van der Waals surface area (Å²) in [4.78, 5) is 34.2. The summed E-state index contributed by atoms with van der Waals surface area (Å²) in [7, 11) is 2.95. The highest BCUT2D eigenvalue weighted by Crippen LogP contribution is 2.06. The monoisotopic (exact) mass is 253 g/mol. The summed E-state index contributed by atoms with van der Waals surface area (Å²) in [5, 5.41) is 9.57. The van der Waals surface area contributed by atoms with E-state index in [9.17, 15) is 9.59 Å². The van der Waals surface area contributed by atoms with Gasteiger partial charge < -0.3 is 10.6 Å². The predicted octanol–water partition coefficient (Wildman–Crippen LogP) is -0.0634. The van der Waals surface area contributed by atoms with E-state index in [0.29, 0.717) is 12.2 Å². The highest BCUT2D eigenvalue weighted by Gasteiger charge is 2.09. The van der Waals surface area contributed by atoms with Crippen LogP contribution in [0.2, 0.25) is 0 Å². The number of aryl methyl sites for hydroxylation is 1. The quantitative estimate of drug-likeness (QED) is 0.601. The van der Waals surface area contributed by atoms with Gasteiger partial charge in [0.15, 0.2) is 0 Å². The number of carbonyl (C=O) groups excluding carboxylic acids is 2. The number of nitrogens with one attached hydrogen (secondary N) is 4. The summed E-state index contributed by atoms with van der Waals surface area (Å²) >= 11 is 0. The number of hydrogen-bond acceptors (Lipinski definition) is 5. The summed E-state index contributed by atoms with van der Waals surface area (Å²) in [6.07, 6.45) is 0.549. The topological polar surface area (TPSA) is 121 Å². The number of anilines is 2. The lowest BCUT2D eigenvalue weighted by Crippen LogP contribution is -2.28. The summed E-state index contributed by atoms with van der Waals surface area (Å²) in [5.41, 5.74) is 0. The van der Waals surface area contributed by atoms with Gasteiger partial charge in [-0.1, -0.05) is 6.92 Å².